The van der Waals surface area contributed by atoms with Crippen LogP contribution in [0.15, 0.2) is 30.3 Å². The van der Waals surface area contributed by atoms with Crippen molar-refractivity contribution in [2.24, 2.45) is 0 Å². The maximum Gasteiger partial charge on any atom is 0.319 e. The number of ether oxygens (including phenoxy) is 1. The van der Waals surface area contributed by atoms with E-state index in [4.69, 9.17) is 4.74 Å². The van der Waals surface area contributed by atoms with E-state index in [-0.39, 0.29) is 11.7 Å². The number of aliphatic carboxylic acids is 1. The number of hydrogen-bond acceptors (Lipinski definition) is 3. The first-order chi connectivity index (χ1) is 9.87. The third kappa shape index (κ3) is 4.64. The Hall–Kier alpha value is -1.20. The van der Waals surface area contributed by atoms with Crippen molar-refractivity contribution in [3.8, 4) is 0 Å². The van der Waals surface area contributed by atoms with E-state index < -0.39 is 22.0 Å². The van der Waals surface area contributed by atoms with Crippen LogP contribution in [0.25, 0.3) is 0 Å². The molecule has 1 aliphatic heterocycles. The second-order valence-electron chi connectivity index (χ2n) is 6.10. The van der Waals surface area contributed by atoms with Crippen molar-refractivity contribution < 1.29 is 18.8 Å². The first kappa shape index (κ1) is 16.2. The second kappa shape index (κ2) is 6.71. The molecule has 5 heteroatoms. The molecule has 1 saturated heterocycles. The van der Waals surface area contributed by atoms with Gasteiger partial charge in [0, 0.05) is 10.8 Å². The highest BCUT2D eigenvalue weighted by molar-refractivity contribution is 7.86. The first-order valence-electron chi connectivity index (χ1n) is 7.19. The molecule has 3 atom stereocenters. The number of rotatable bonds is 6. The fraction of sp³-hybridized carbons (Fsp3) is 0.562. The molecule has 2 rings (SSSR count). The third-order valence-electron chi connectivity index (χ3n) is 3.76. The minimum Gasteiger partial charge on any atom is -0.480 e. The van der Waals surface area contributed by atoms with Gasteiger partial charge in [-0.25, -0.2) is 0 Å². The summed E-state index contributed by atoms with van der Waals surface area (Å²) in [6.45, 7) is 4.02. The molecule has 0 aliphatic carbocycles. The summed E-state index contributed by atoms with van der Waals surface area (Å²) >= 11 is 0. The van der Waals surface area contributed by atoms with Gasteiger partial charge in [-0.2, -0.15) is 0 Å². The molecule has 0 spiro atoms. The molecular formula is C16H22O4S. The Balaban J connectivity index is 1.98. The fourth-order valence-corrected chi connectivity index (χ4v) is 4.05. The molecule has 0 amide bonds. The van der Waals surface area contributed by atoms with Crippen LogP contribution in [-0.4, -0.2) is 38.0 Å². The van der Waals surface area contributed by atoms with Gasteiger partial charge >= 0.3 is 5.97 Å². The molecule has 0 radical (unpaired) electrons. The van der Waals surface area contributed by atoms with Crippen molar-refractivity contribution in [3.63, 3.8) is 0 Å². The van der Waals surface area contributed by atoms with Crippen LogP contribution in [0, 0.1) is 0 Å². The lowest BCUT2D eigenvalue weighted by Gasteiger charge is -2.20. The number of carbonyl (C=O) groups is 1. The van der Waals surface area contributed by atoms with E-state index in [9.17, 15) is 14.1 Å². The average molecular weight is 310 g/mol. The van der Waals surface area contributed by atoms with Crippen LogP contribution < -0.4 is 0 Å². The zero-order chi connectivity index (χ0) is 15.5. The summed E-state index contributed by atoms with van der Waals surface area (Å²) in [5, 5.41) is 8.47. The van der Waals surface area contributed by atoms with Gasteiger partial charge in [0.05, 0.1) is 17.5 Å². The van der Waals surface area contributed by atoms with Gasteiger partial charge in [0.15, 0.2) is 0 Å². The predicted octanol–water partition coefficient (Wildman–Crippen LogP) is 2.39. The summed E-state index contributed by atoms with van der Waals surface area (Å²) < 4.78 is 18.2. The van der Waals surface area contributed by atoms with Gasteiger partial charge in [-0.3, -0.25) is 9.00 Å². The zero-order valence-electron chi connectivity index (χ0n) is 12.5. The summed E-state index contributed by atoms with van der Waals surface area (Å²) in [6, 6.07) is 9.33. The molecule has 4 nitrogen and oxygen atoms in total. The fourth-order valence-electron chi connectivity index (χ4n) is 2.62. The average Bonchev–Trinajstić information content (AvgIpc) is 2.76. The molecule has 0 bridgehead atoms. The molecule has 1 N–H and O–H groups in total. The van der Waals surface area contributed by atoms with Gasteiger partial charge < -0.3 is 9.84 Å². The summed E-state index contributed by atoms with van der Waals surface area (Å²) in [5.41, 5.74) is 0.707. The minimum atomic E-state index is -1.44. The van der Waals surface area contributed by atoms with Gasteiger partial charge in [0.1, 0.15) is 5.25 Å². The predicted molar refractivity (Wildman–Crippen MR) is 82.8 cm³/mol. The number of benzene rings is 1. The largest absolute Gasteiger partial charge is 0.480 e. The Labute approximate surface area is 128 Å². The van der Waals surface area contributed by atoms with E-state index in [1.165, 1.54) is 0 Å². The monoisotopic (exact) mass is 310 g/mol. The highest BCUT2D eigenvalue weighted by atomic mass is 32.2. The van der Waals surface area contributed by atoms with Crippen LogP contribution in [0.3, 0.4) is 0 Å². The molecule has 1 aromatic carbocycles. The molecule has 21 heavy (non-hydrogen) atoms. The SMILES string of the molecule is CC1(C)CCC(CS(=O)C(Cc2ccccc2)C(=O)O)O1. The third-order valence-corrected chi connectivity index (χ3v) is 5.46. The van der Waals surface area contributed by atoms with Crippen LogP contribution in [0.5, 0.6) is 0 Å². The molecular weight excluding hydrogens is 288 g/mol. The lowest BCUT2D eigenvalue weighted by atomic mass is 10.1. The van der Waals surface area contributed by atoms with E-state index >= 15 is 0 Å². The summed E-state index contributed by atoms with van der Waals surface area (Å²) in [4.78, 5) is 11.4. The molecule has 1 aliphatic rings. The van der Waals surface area contributed by atoms with Crippen molar-refractivity contribution in [2.75, 3.05) is 5.75 Å². The van der Waals surface area contributed by atoms with Gasteiger partial charge in [0.25, 0.3) is 0 Å². The number of carboxylic acids is 1. The first-order valence-corrected chi connectivity index (χ1v) is 8.57. The highest BCUT2D eigenvalue weighted by Gasteiger charge is 2.35. The van der Waals surface area contributed by atoms with E-state index in [0.29, 0.717) is 12.2 Å². The van der Waals surface area contributed by atoms with Crippen LogP contribution in [-0.2, 0) is 26.8 Å². The topological polar surface area (TPSA) is 63.6 Å². The molecule has 3 unspecified atom stereocenters. The van der Waals surface area contributed by atoms with Crippen molar-refractivity contribution in [1.29, 1.82) is 0 Å². The Morgan fingerprint density at radius 3 is 2.62 bits per heavy atom. The molecule has 1 heterocycles. The van der Waals surface area contributed by atoms with Crippen LogP contribution >= 0.6 is 0 Å². The molecule has 0 aromatic heterocycles. The van der Waals surface area contributed by atoms with Crippen LogP contribution in [0.1, 0.15) is 32.3 Å². The molecule has 1 aromatic rings. The Morgan fingerprint density at radius 1 is 1.43 bits per heavy atom. The van der Waals surface area contributed by atoms with Gasteiger partial charge in [-0.1, -0.05) is 30.3 Å². The van der Waals surface area contributed by atoms with Crippen molar-refractivity contribution in [1.82, 2.24) is 0 Å². The van der Waals surface area contributed by atoms with E-state index in [1.807, 2.05) is 44.2 Å². The highest BCUT2D eigenvalue weighted by Crippen LogP contribution is 2.30. The van der Waals surface area contributed by atoms with Crippen molar-refractivity contribution in [2.45, 2.75) is 50.1 Å². The summed E-state index contributed by atoms with van der Waals surface area (Å²) in [7, 11) is -1.44. The zero-order valence-corrected chi connectivity index (χ0v) is 13.3. The standard InChI is InChI=1S/C16H22O4S/c1-16(2)9-8-13(20-16)11-21(19)14(15(17)18)10-12-6-4-3-5-7-12/h3-7,13-14H,8-11H2,1-2H3,(H,17,18). The van der Waals surface area contributed by atoms with E-state index in [1.54, 1.807) is 0 Å². The maximum atomic E-state index is 12.4. The molecule has 0 saturated carbocycles. The van der Waals surface area contributed by atoms with Gasteiger partial charge in [-0.15, -0.1) is 0 Å². The number of hydrogen-bond donors (Lipinski definition) is 1. The quantitative estimate of drug-likeness (QED) is 0.876. The second-order valence-corrected chi connectivity index (χ2v) is 7.77. The van der Waals surface area contributed by atoms with Crippen LogP contribution in [0.2, 0.25) is 0 Å². The smallest absolute Gasteiger partial charge is 0.319 e. The Morgan fingerprint density at radius 2 is 2.10 bits per heavy atom. The van der Waals surface area contributed by atoms with Gasteiger partial charge in [0.2, 0.25) is 0 Å². The Kier molecular flexibility index (Phi) is 5.17. The normalized spacial score (nSPS) is 23.6. The van der Waals surface area contributed by atoms with E-state index in [2.05, 4.69) is 0 Å². The molecule has 1 fully saturated rings. The maximum absolute atomic E-state index is 12.4. The minimum absolute atomic E-state index is 0.0987. The molecule has 116 valence electrons. The van der Waals surface area contributed by atoms with Crippen molar-refractivity contribution >= 4 is 16.8 Å². The summed E-state index contributed by atoms with van der Waals surface area (Å²) in [6.07, 6.45) is 1.96. The van der Waals surface area contributed by atoms with Crippen molar-refractivity contribution in [3.05, 3.63) is 35.9 Å². The lowest BCUT2D eigenvalue weighted by molar-refractivity contribution is -0.136. The lowest BCUT2D eigenvalue weighted by Crippen LogP contribution is -2.33. The summed E-state index contributed by atoms with van der Waals surface area (Å²) in [5.74, 6) is -0.706. The van der Waals surface area contributed by atoms with Crippen LogP contribution in [0.4, 0.5) is 0 Å². The Bertz CT molecular complexity index is 512. The van der Waals surface area contributed by atoms with E-state index in [0.717, 1.165) is 18.4 Å². The van der Waals surface area contributed by atoms with Gasteiger partial charge in [-0.05, 0) is 38.7 Å². The number of carboxylic acid groups (broad SMARTS) is 1.